The molecule has 1 N–H and O–H groups in total. The summed E-state index contributed by atoms with van der Waals surface area (Å²) in [5, 5.41) is 2.61. The predicted octanol–water partition coefficient (Wildman–Crippen LogP) is 2.83. The van der Waals surface area contributed by atoms with Gasteiger partial charge in [0.15, 0.2) is 0 Å². The van der Waals surface area contributed by atoms with E-state index in [-0.39, 0.29) is 24.6 Å². The average molecular weight is 387 g/mol. The van der Waals surface area contributed by atoms with Gasteiger partial charge in [-0.3, -0.25) is 9.59 Å². The van der Waals surface area contributed by atoms with Gasteiger partial charge in [-0.05, 0) is 48.9 Å². The van der Waals surface area contributed by atoms with E-state index >= 15 is 0 Å². The van der Waals surface area contributed by atoms with E-state index in [0.29, 0.717) is 12.1 Å². The minimum absolute atomic E-state index is 0.0343. The highest BCUT2D eigenvalue weighted by Crippen LogP contribution is 2.28. The van der Waals surface area contributed by atoms with Crippen LogP contribution in [0.15, 0.2) is 48.5 Å². The second kappa shape index (κ2) is 8.16. The number of amides is 4. The fourth-order valence-corrected chi connectivity index (χ4v) is 3.07. The van der Waals surface area contributed by atoms with E-state index in [1.165, 1.54) is 41.3 Å². The highest BCUT2D eigenvalue weighted by molar-refractivity contribution is 6.22. The van der Waals surface area contributed by atoms with Crippen LogP contribution in [-0.2, 0) is 16.1 Å². The second-order valence-electron chi connectivity index (χ2n) is 6.36. The number of carbonyl (C=O) groups is 3. The highest BCUT2D eigenvalue weighted by Gasteiger charge is 2.46. The first-order valence-electron chi connectivity index (χ1n) is 8.82. The van der Waals surface area contributed by atoms with Crippen LogP contribution in [0.25, 0.3) is 0 Å². The number of halogens is 2. The lowest BCUT2D eigenvalue weighted by molar-refractivity contribution is -0.127. The summed E-state index contributed by atoms with van der Waals surface area (Å²) in [5.74, 6) is -1.84. The fraction of sp³-hybridized carbons (Fsp3) is 0.250. The van der Waals surface area contributed by atoms with Gasteiger partial charge in [0.1, 0.15) is 17.7 Å². The van der Waals surface area contributed by atoms with Crippen molar-refractivity contribution in [3.8, 4) is 0 Å². The summed E-state index contributed by atoms with van der Waals surface area (Å²) in [6.45, 7) is 2.18. The summed E-state index contributed by atoms with van der Waals surface area (Å²) < 4.78 is 26.4. The Hall–Kier alpha value is -3.29. The molecule has 1 aliphatic rings. The molecule has 1 atom stereocenters. The van der Waals surface area contributed by atoms with Crippen molar-refractivity contribution in [2.45, 2.75) is 25.9 Å². The molecule has 2 aromatic rings. The standard InChI is InChI=1S/C20H19F2N3O3/c1-2-23-18(26)11-17-19(27)25(16-9-7-15(22)8-10-16)20(28)24(17)12-13-3-5-14(21)6-4-13/h3-10,17H,2,11-12H2,1H3,(H,23,26)/t17-/m1/s1. The Morgan fingerprint density at radius 2 is 1.57 bits per heavy atom. The van der Waals surface area contributed by atoms with Crippen molar-refractivity contribution >= 4 is 23.5 Å². The van der Waals surface area contributed by atoms with Crippen molar-refractivity contribution in [2.75, 3.05) is 11.4 Å². The van der Waals surface area contributed by atoms with Gasteiger partial charge in [0, 0.05) is 13.1 Å². The summed E-state index contributed by atoms with van der Waals surface area (Å²) >= 11 is 0. The van der Waals surface area contributed by atoms with Gasteiger partial charge in [0.25, 0.3) is 5.91 Å². The fourth-order valence-electron chi connectivity index (χ4n) is 3.07. The smallest absolute Gasteiger partial charge is 0.332 e. The molecule has 2 aromatic carbocycles. The van der Waals surface area contributed by atoms with E-state index in [4.69, 9.17) is 0 Å². The number of nitrogens with one attached hydrogen (secondary N) is 1. The molecule has 1 aliphatic heterocycles. The Labute approximate surface area is 160 Å². The van der Waals surface area contributed by atoms with Crippen molar-refractivity contribution in [3.63, 3.8) is 0 Å². The lowest BCUT2D eigenvalue weighted by Gasteiger charge is -2.21. The van der Waals surface area contributed by atoms with E-state index in [1.54, 1.807) is 6.92 Å². The molecule has 1 fully saturated rings. The van der Waals surface area contributed by atoms with Crippen LogP contribution in [0.3, 0.4) is 0 Å². The zero-order valence-corrected chi connectivity index (χ0v) is 15.2. The van der Waals surface area contributed by atoms with Crippen molar-refractivity contribution in [1.82, 2.24) is 10.2 Å². The molecule has 8 heteroatoms. The maximum absolute atomic E-state index is 13.2. The number of benzene rings is 2. The van der Waals surface area contributed by atoms with Gasteiger partial charge >= 0.3 is 6.03 Å². The Kier molecular flexibility index (Phi) is 5.67. The monoisotopic (exact) mass is 387 g/mol. The molecular weight excluding hydrogens is 368 g/mol. The van der Waals surface area contributed by atoms with Crippen molar-refractivity contribution in [2.24, 2.45) is 0 Å². The third-order valence-electron chi connectivity index (χ3n) is 4.42. The predicted molar refractivity (Wildman–Crippen MR) is 98.3 cm³/mol. The number of urea groups is 1. The summed E-state index contributed by atoms with van der Waals surface area (Å²) in [6.07, 6.45) is -0.197. The molecule has 0 unspecified atom stereocenters. The molecular formula is C20H19F2N3O3. The van der Waals surface area contributed by atoms with E-state index in [9.17, 15) is 23.2 Å². The maximum Gasteiger partial charge on any atom is 0.332 e. The SMILES string of the molecule is CCNC(=O)C[C@@H]1C(=O)N(c2ccc(F)cc2)C(=O)N1Cc1ccc(F)cc1. The van der Waals surface area contributed by atoms with Gasteiger partial charge in [-0.15, -0.1) is 0 Å². The van der Waals surface area contributed by atoms with Crippen LogP contribution in [0.5, 0.6) is 0 Å². The molecule has 0 aromatic heterocycles. The molecule has 6 nitrogen and oxygen atoms in total. The summed E-state index contributed by atoms with van der Waals surface area (Å²) in [7, 11) is 0. The van der Waals surface area contributed by atoms with Crippen LogP contribution in [0.4, 0.5) is 19.3 Å². The normalized spacial score (nSPS) is 16.6. The molecule has 146 valence electrons. The number of imide groups is 1. The van der Waals surface area contributed by atoms with E-state index < -0.39 is 29.6 Å². The minimum Gasteiger partial charge on any atom is -0.356 e. The van der Waals surface area contributed by atoms with Crippen LogP contribution in [0.1, 0.15) is 18.9 Å². The van der Waals surface area contributed by atoms with Crippen LogP contribution in [0, 0.1) is 11.6 Å². The van der Waals surface area contributed by atoms with Crippen LogP contribution >= 0.6 is 0 Å². The van der Waals surface area contributed by atoms with Gasteiger partial charge < -0.3 is 10.2 Å². The third kappa shape index (κ3) is 4.00. The van der Waals surface area contributed by atoms with Gasteiger partial charge in [0.2, 0.25) is 5.91 Å². The number of rotatable bonds is 6. The lowest BCUT2D eigenvalue weighted by atomic mass is 10.1. The summed E-state index contributed by atoms with van der Waals surface area (Å²) in [4.78, 5) is 40.2. The highest BCUT2D eigenvalue weighted by atomic mass is 19.1. The molecule has 0 spiro atoms. The number of carbonyl (C=O) groups excluding carboxylic acids is 3. The van der Waals surface area contributed by atoms with E-state index in [2.05, 4.69) is 5.32 Å². The average Bonchev–Trinajstić information content (AvgIpc) is 2.89. The van der Waals surface area contributed by atoms with Gasteiger partial charge in [-0.25, -0.2) is 18.5 Å². The molecule has 0 radical (unpaired) electrons. The Bertz CT molecular complexity index is 885. The minimum atomic E-state index is -1.01. The number of hydrogen-bond acceptors (Lipinski definition) is 3. The van der Waals surface area contributed by atoms with Crippen molar-refractivity contribution in [1.29, 1.82) is 0 Å². The van der Waals surface area contributed by atoms with Gasteiger partial charge in [-0.2, -0.15) is 0 Å². The Balaban J connectivity index is 1.91. The lowest BCUT2D eigenvalue weighted by Crippen LogP contribution is -2.39. The van der Waals surface area contributed by atoms with Crippen molar-refractivity contribution < 1.29 is 23.2 Å². The first-order chi connectivity index (χ1) is 13.4. The van der Waals surface area contributed by atoms with Crippen LogP contribution in [-0.4, -0.2) is 35.3 Å². The number of anilines is 1. The summed E-state index contributed by atoms with van der Waals surface area (Å²) in [6, 6.07) is 8.88. The largest absolute Gasteiger partial charge is 0.356 e. The first kappa shape index (κ1) is 19.5. The summed E-state index contributed by atoms with van der Waals surface area (Å²) in [5.41, 5.74) is 0.836. The van der Waals surface area contributed by atoms with Crippen LogP contribution < -0.4 is 10.2 Å². The van der Waals surface area contributed by atoms with E-state index in [0.717, 1.165) is 17.0 Å². The van der Waals surface area contributed by atoms with Gasteiger partial charge in [0.05, 0.1) is 12.1 Å². The zero-order valence-electron chi connectivity index (χ0n) is 15.2. The van der Waals surface area contributed by atoms with Crippen molar-refractivity contribution in [3.05, 3.63) is 65.7 Å². The van der Waals surface area contributed by atoms with Crippen LogP contribution in [0.2, 0.25) is 0 Å². The third-order valence-corrected chi connectivity index (χ3v) is 4.42. The molecule has 1 heterocycles. The molecule has 28 heavy (non-hydrogen) atoms. The quantitative estimate of drug-likeness (QED) is 0.775. The molecule has 1 saturated heterocycles. The second-order valence-corrected chi connectivity index (χ2v) is 6.36. The topological polar surface area (TPSA) is 69.7 Å². The van der Waals surface area contributed by atoms with E-state index in [1.807, 2.05) is 0 Å². The Morgan fingerprint density at radius 3 is 2.14 bits per heavy atom. The molecule has 0 aliphatic carbocycles. The Morgan fingerprint density at radius 1 is 1.00 bits per heavy atom. The number of hydrogen-bond donors (Lipinski definition) is 1. The molecule has 3 rings (SSSR count). The molecule has 4 amide bonds. The number of nitrogens with zero attached hydrogens (tertiary/aromatic N) is 2. The first-order valence-corrected chi connectivity index (χ1v) is 8.82. The molecule has 0 saturated carbocycles. The maximum atomic E-state index is 13.2. The molecule has 0 bridgehead atoms. The zero-order chi connectivity index (χ0) is 20.3. The van der Waals surface area contributed by atoms with Gasteiger partial charge in [-0.1, -0.05) is 12.1 Å².